The van der Waals surface area contributed by atoms with E-state index in [9.17, 15) is 14.9 Å². The Labute approximate surface area is 179 Å². The minimum absolute atomic E-state index is 0.127. The molecule has 3 rings (SSSR count). The summed E-state index contributed by atoms with van der Waals surface area (Å²) in [5.74, 6) is -0.766. The van der Waals surface area contributed by atoms with Crippen molar-refractivity contribution in [3.63, 3.8) is 0 Å². The van der Waals surface area contributed by atoms with E-state index in [1.807, 2.05) is 18.4 Å². The third-order valence-corrected chi connectivity index (χ3v) is 5.85. The topological polar surface area (TPSA) is 84.1 Å². The number of carbonyl (C=O) groups is 2. The Kier molecular flexibility index (Phi) is 6.51. The maximum Gasteiger partial charge on any atom is 0.340 e. The van der Waals surface area contributed by atoms with Crippen LogP contribution in [0, 0.1) is 25.2 Å². The van der Waals surface area contributed by atoms with Crippen LogP contribution < -0.4 is 5.32 Å². The van der Waals surface area contributed by atoms with Gasteiger partial charge in [0.2, 0.25) is 0 Å². The van der Waals surface area contributed by atoms with Crippen LogP contribution in [0.3, 0.4) is 0 Å². The summed E-state index contributed by atoms with van der Waals surface area (Å²) < 4.78 is 7.13. The van der Waals surface area contributed by atoms with E-state index < -0.39 is 18.5 Å². The van der Waals surface area contributed by atoms with Gasteiger partial charge in [0.15, 0.2) is 6.61 Å². The monoisotopic (exact) mass is 433 g/mol. The number of nitrogens with one attached hydrogen (secondary N) is 1. The van der Waals surface area contributed by atoms with Gasteiger partial charge in [0.25, 0.3) is 5.91 Å². The number of benzene rings is 1. The Hall–Kier alpha value is -2.49. The molecule has 1 amide bonds. The third kappa shape index (κ3) is 4.42. The summed E-state index contributed by atoms with van der Waals surface area (Å²) in [6, 6.07) is 6.82. The van der Waals surface area contributed by atoms with E-state index >= 15 is 0 Å². The molecular formula is C21H21Cl2N3O3. The average molecular weight is 434 g/mol. The lowest BCUT2D eigenvalue weighted by molar-refractivity contribution is -0.119. The summed E-state index contributed by atoms with van der Waals surface area (Å²) in [5.41, 5.74) is 2.38. The Balaban J connectivity index is 1.74. The highest BCUT2D eigenvalue weighted by molar-refractivity contribution is 6.36. The molecule has 29 heavy (non-hydrogen) atoms. The zero-order valence-electron chi connectivity index (χ0n) is 16.2. The molecule has 0 radical (unpaired) electrons. The van der Waals surface area contributed by atoms with Crippen molar-refractivity contribution < 1.29 is 14.3 Å². The fourth-order valence-electron chi connectivity index (χ4n) is 3.74. The van der Waals surface area contributed by atoms with Gasteiger partial charge >= 0.3 is 5.97 Å². The number of carbonyl (C=O) groups excluding carboxylic acids is 2. The maximum atomic E-state index is 12.5. The average Bonchev–Trinajstić information content (AvgIpc) is 3.27. The van der Waals surface area contributed by atoms with Gasteiger partial charge in [-0.25, -0.2) is 4.79 Å². The Morgan fingerprint density at radius 1 is 1.28 bits per heavy atom. The molecule has 2 aromatic rings. The van der Waals surface area contributed by atoms with Gasteiger partial charge in [0, 0.05) is 16.8 Å². The molecule has 0 bridgehead atoms. The molecule has 1 fully saturated rings. The van der Waals surface area contributed by atoms with Gasteiger partial charge in [-0.2, -0.15) is 5.26 Å². The molecule has 0 unspecified atom stereocenters. The van der Waals surface area contributed by atoms with Crippen molar-refractivity contribution in [2.75, 3.05) is 11.9 Å². The van der Waals surface area contributed by atoms with Crippen molar-refractivity contribution in [2.45, 2.75) is 45.6 Å². The van der Waals surface area contributed by atoms with E-state index in [-0.39, 0.29) is 16.6 Å². The number of nitriles is 1. The highest BCUT2D eigenvalue weighted by Crippen LogP contribution is 2.37. The number of rotatable bonds is 5. The third-order valence-electron chi connectivity index (χ3n) is 5.30. The molecule has 1 aliphatic rings. The SMILES string of the molecule is Cc1c(C#N)c(NC(=O)COC(=O)c2ccc(Cl)cc2Cl)n(C2CCCC2)c1C. The van der Waals surface area contributed by atoms with Gasteiger partial charge < -0.3 is 14.6 Å². The number of halogens is 2. The molecule has 1 saturated carbocycles. The molecular weight excluding hydrogens is 413 g/mol. The predicted octanol–water partition coefficient (Wildman–Crippen LogP) is 5.19. The largest absolute Gasteiger partial charge is 0.452 e. The van der Waals surface area contributed by atoms with Crippen molar-refractivity contribution in [1.82, 2.24) is 4.57 Å². The Morgan fingerprint density at radius 2 is 1.97 bits per heavy atom. The summed E-state index contributed by atoms with van der Waals surface area (Å²) in [5, 5.41) is 12.9. The first-order chi connectivity index (χ1) is 13.8. The minimum Gasteiger partial charge on any atom is -0.452 e. The smallest absolute Gasteiger partial charge is 0.340 e. The summed E-state index contributed by atoms with van der Waals surface area (Å²) in [7, 11) is 0. The van der Waals surface area contributed by atoms with Crippen LogP contribution in [-0.2, 0) is 9.53 Å². The zero-order chi connectivity index (χ0) is 21.1. The van der Waals surface area contributed by atoms with Crippen LogP contribution >= 0.6 is 23.2 Å². The number of hydrogen-bond acceptors (Lipinski definition) is 4. The van der Waals surface area contributed by atoms with Crippen molar-refractivity contribution in [3.8, 4) is 6.07 Å². The molecule has 1 N–H and O–H groups in total. The number of anilines is 1. The van der Waals surface area contributed by atoms with Crippen molar-refractivity contribution in [1.29, 1.82) is 5.26 Å². The fraction of sp³-hybridized carbons (Fsp3) is 0.381. The van der Waals surface area contributed by atoms with Crippen LogP contribution in [0.4, 0.5) is 5.82 Å². The second kappa shape index (κ2) is 8.89. The van der Waals surface area contributed by atoms with E-state index in [4.69, 9.17) is 27.9 Å². The molecule has 1 heterocycles. The first-order valence-corrected chi connectivity index (χ1v) is 10.1. The van der Waals surface area contributed by atoms with Gasteiger partial charge in [-0.3, -0.25) is 4.79 Å². The van der Waals surface area contributed by atoms with Gasteiger partial charge in [-0.05, 0) is 50.5 Å². The van der Waals surface area contributed by atoms with Gasteiger partial charge in [0.1, 0.15) is 11.9 Å². The normalized spacial score (nSPS) is 13.9. The van der Waals surface area contributed by atoms with Crippen LogP contribution in [0.2, 0.25) is 10.0 Å². The summed E-state index contributed by atoms with van der Waals surface area (Å²) in [6.45, 7) is 3.33. The molecule has 0 aliphatic heterocycles. The van der Waals surface area contributed by atoms with E-state index in [2.05, 4.69) is 11.4 Å². The standard InChI is InChI=1S/C21H21Cl2N3O3/c1-12-13(2)26(15-5-3-4-6-15)20(17(12)10-24)25-19(27)11-29-21(28)16-8-7-14(22)9-18(16)23/h7-9,15H,3-6,11H2,1-2H3,(H,25,27). The second-order valence-electron chi connectivity index (χ2n) is 7.10. The Bertz CT molecular complexity index is 1000. The van der Waals surface area contributed by atoms with Crippen LogP contribution in [0.25, 0.3) is 0 Å². The maximum absolute atomic E-state index is 12.5. The molecule has 0 atom stereocenters. The molecule has 6 nitrogen and oxygen atoms in total. The molecule has 1 aromatic carbocycles. The zero-order valence-corrected chi connectivity index (χ0v) is 17.7. The second-order valence-corrected chi connectivity index (χ2v) is 7.95. The molecule has 152 valence electrons. The number of ether oxygens (including phenoxy) is 1. The van der Waals surface area contributed by atoms with E-state index in [1.54, 1.807) is 0 Å². The van der Waals surface area contributed by atoms with Crippen molar-refractivity contribution in [3.05, 3.63) is 50.6 Å². The molecule has 0 spiro atoms. The summed E-state index contributed by atoms with van der Waals surface area (Å²) in [4.78, 5) is 24.7. The lowest BCUT2D eigenvalue weighted by atomic mass is 10.2. The van der Waals surface area contributed by atoms with Gasteiger partial charge in [-0.1, -0.05) is 36.0 Å². The number of aromatic nitrogens is 1. The van der Waals surface area contributed by atoms with Crippen LogP contribution in [-0.4, -0.2) is 23.1 Å². The highest BCUT2D eigenvalue weighted by atomic mass is 35.5. The summed E-state index contributed by atoms with van der Waals surface area (Å²) in [6.07, 6.45) is 4.26. The van der Waals surface area contributed by atoms with E-state index in [0.29, 0.717) is 16.4 Å². The molecule has 1 aromatic heterocycles. The predicted molar refractivity (Wildman–Crippen MR) is 112 cm³/mol. The van der Waals surface area contributed by atoms with Crippen LogP contribution in [0.1, 0.15) is 58.9 Å². The number of hydrogen-bond donors (Lipinski definition) is 1. The van der Waals surface area contributed by atoms with E-state index in [0.717, 1.165) is 36.9 Å². The van der Waals surface area contributed by atoms with Gasteiger partial charge in [-0.15, -0.1) is 0 Å². The first-order valence-electron chi connectivity index (χ1n) is 9.37. The first kappa shape index (κ1) is 21.2. The lowest BCUT2D eigenvalue weighted by Crippen LogP contribution is -2.24. The van der Waals surface area contributed by atoms with Crippen LogP contribution in [0.5, 0.6) is 0 Å². The fourth-order valence-corrected chi connectivity index (χ4v) is 4.22. The van der Waals surface area contributed by atoms with Crippen molar-refractivity contribution in [2.24, 2.45) is 0 Å². The van der Waals surface area contributed by atoms with E-state index in [1.165, 1.54) is 18.2 Å². The molecule has 8 heteroatoms. The quantitative estimate of drug-likeness (QED) is 0.656. The van der Waals surface area contributed by atoms with Crippen LogP contribution in [0.15, 0.2) is 18.2 Å². The van der Waals surface area contributed by atoms with Crippen molar-refractivity contribution >= 4 is 40.9 Å². The lowest BCUT2D eigenvalue weighted by Gasteiger charge is -2.19. The minimum atomic E-state index is -0.721. The summed E-state index contributed by atoms with van der Waals surface area (Å²) >= 11 is 11.8. The molecule has 0 saturated heterocycles. The Morgan fingerprint density at radius 3 is 2.59 bits per heavy atom. The molecule has 1 aliphatic carbocycles. The number of esters is 1. The highest BCUT2D eigenvalue weighted by Gasteiger charge is 2.27. The van der Waals surface area contributed by atoms with Gasteiger partial charge in [0.05, 0.1) is 16.1 Å². The number of amides is 1. The number of nitrogens with zero attached hydrogens (tertiary/aromatic N) is 2.